The van der Waals surface area contributed by atoms with Gasteiger partial charge in [0, 0.05) is 28.9 Å². The van der Waals surface area contributed by atoms with E-state index in [1.165, 1.54) is 12.1 Å². The molecule has 2 atom stereocenters. The van der Waals surface area contributed by atoms with E-state index in [9.17, 15) is 13.4 Å². The second-order valence-corrected chi connectivity index (χ2v) is 6.47. The molecule has 98 valence electrons. The second kappa shape index (κ2) is 5.36. The Bertz CT molecular complexity index is 524. The SMILES string of the molecule is CS(=O)CCC1Nc2cc(F)c(Br)cc2NC1=O. The summed E-state index contributed by atoms with van der Waals surface area (Å²) in [4.78, 5) is 11.8. The fraction of sp³-hybridized carbons (Fsp3) is 0.364. The monoisotopic (exact) mass is 334 g/mol. The molecule has 0 fully saturated rings. The van der Waals surface area contributed by atoms with Gasteiger partial charge in [0.1, 0.15) is 11.9 Å². The molecular weight excluding hydrogens is 323 g/mol. The number of carbonyl (C=O) groups is 1. The maximum absolute atomic E-state index is 13.4. The Morgan fingerprint density at radius 3 is 2.83 bits per heavy atom. The van der Waals surface area contributed by atoms with Crippen molar-refractivity contribution in [2.24, 2.45) is 0 Å². The Morgan fingerprint density at radius 2 is 2.17 bits per heavy atom. The molecule has 0 aliphatic carbocycles. The number of benzene rings is 1. The van der Waals surface area contributed by atoms with E-state index in [2.05, 4.69) is 26.6 Å². The number of nitrogens with one attached hydrogen (secondary N) is 2. The number of amides is 1. The fourth-order valence-electron chi connectivity index (χ4n) is 1.73. The summed E-state index contributed by atoms with van der Waals surface area (Å²) in [6, 6.07) is 2.38. The lowest BCUT2D eigenvalue weighted by molar-refractivity contribution is -0.117. The van der Waals surface area contributed by atoms with Gasteiger partial charge >= 0.3 is 0 Å². The van der Waals surface area contributed by atoms with Crippen molar-refractivity contribution in [3.05, 3.63) is 22.4 Å². The largest absolute Gasteiger partial charge is 0.372 e. The second-order valence-electron chi connectivity index (χ2n) is 4.06. The smallest absolute Gasteiger partial charge is 0.246 e. The van der Waals surface area contributed by atoms with Gasteiger partial charge in [0.25, 0.3) is 0 Å². The Kier molecular flexibility index (Phi) is 4.01. The summed E-state index contributed by atoms with van der Waals surface area (Å²) in [6.07, 6.45) is 2.04. The quantitative estimate of drug-likeness (QED) is 0.889. The molecule has 0 spiro atoms. The first-order chi connectivity index (χ1) is 8.47. The van der Waals surface area contributed by atoms with Crippen LogP contribution in [0.25, 0.3) is 0 Å². The molecule has 2 N–H and O–H groups in total. The normalized spacial score (nSPS) is 19.7. The summed E-state index contributed by atoms with van der Waals surface area (Å²) < 4.78 is 24.7. The van der Waals surface area contributed by atoms with Crippen LogP contribution < -0.4 is 10.6 Å². The number of hydrogen-bond acceptors (Lipinski definition) is 3. The van der Waals surface area contributed by atoms with Crippen LogP contribution in [-0.4, -0.2) is 28.2 Å². The lowest BCUT2D eigenvalue weighted by Crippen LogP contribution is -2.39. The van der Waals surface area contributed by atoms with E-state index in [4.69, 9.17) is 0 Å². The molecule has 7 heteroatoms. The molecule has 1 aliphatic heterocycles. The van der Waals surface area contributed by atoms with Gasteiger partial charge < -0.3 is 10.6 Å². The van der Waals surface area contributed by atoms with Crippen LogP contribution in [0.4, 0.5) is 15.8 Å². The van der Waals surface area contributed by atoms with E-state index in [1.54, 1.807) is 6.26 Å². The van der Waals surface area contributed by atoms with E-state index in [0.29, 0.717) is 28.0 Å². The van der Waals surface area contributed by atoms with Gasteiger partial charge in [-0.25, -0.2) is 4.39 Å². The van der Waals surface area contributed by atoms with Crippen molar-refractivity contribution >= 4 is 44.0 Å². The van der Waals surface area contributed by atoms with Crippen molar-refractivity contribution < 1.29 is 13.4 Å². The van der Waals surface area contributed by atoms with Crippen LogP contribution >= 0.6 is 15.9 Å². The molecule has 1 aliphatic rings. The molecule has 0 bridgehead atoms. The van der Waals surface area contributed by atoms with Gasteiger partial charge in [-0.15, -0.1) is 0 Å². The first-order valence-corrected chi connectivity index (χ1v) is 7.86. The van der Waals surface area contributed by atoms with Gasteiger partial charge in [-0.3, -0.25) is 9.00 Å². The highest BCUT2D eigenvalue weighted by Crippen LogP contribution is 2.32. The van der Waals surface area contributed by atoms with E-state index in [0.717, 1.165) is 0 Å². The molecular formula is C11H12BrFN2O2S. The Labute approximate surface area is 115 Å². The third-order valence-electron chi connectivity index (χ3n) is 2.66. The van der Waals surface area contributed by atoms with Crippen LogP contribution in [-0.2, 0) is 15.6 Å². The Balaban J connectivity index is 2.19. The molecule has 1 amide bonds. The van der Waals surface area contributed by atoms with Crippen LogP contribution in [0.5, 0.6) is 0 Å². The first-order valence-electron chi connectivity index (χ1n) is 5.34. The molecule has 2 rings (SSSR count). The minimum atomic E-state index is -0.950. The topological polar surface area (TPSA) is 58.2 Å². The molecule has 4 nitrogen and oxygen atoms in total. The molecule has 0 aromatic heterocycles. The number of fused-ring (bicyclic) bond motifs is 1. The van der Waals surface area contributed by atoms with Crippen LogP contribution in [0.15, 0.2) is 16.6 Å². The zero-order valence-electron chi connectivity index (χ0n) is 9.63. The maximum atomic E-state index is 13.4. The summed E-state index contributed by atoms with van der Waals surface area (Å²) >= 11 is 3.06. The average molecular weight is 335 g/mol. The predicted molar refractivity (Wildman–Crippen MR) is 73.7 cm³/mol. The average Bonchev–Trinajstić information content (AvgIpc) is 2.29. The lowest BCUT2D eigenvalue weighted by atomic mass is 10.1. The third-order valence-corrected chi connectivity index (χ3v) is 4.08. The number of carbonyl (C=O) groups excluding carboxylic acids is 1. The van der Waals surface area contributed by atoms with Crippen molar-refractivity contribution in [3.8, 4) is 0 Å². The van der Waals surface area contributed by atoms with E-state index < -0.39 is 22.7 Å². The third kappa shape index (κ3) is 2.89. The summed E-state index contributed by atoms with van der Waals surface area (Å²) in [5.41, 5.74) is 1.09. The number of halogens is 2. The zero-order valence-corrected chi connectivity index (χ0v) is 12.0. The van der Waals surface area contributed by atoms with E-state index >= 15 is 0 Å². The first kappa shape index (κ1) is 13.5. The summed E-state index contributed by atoms with van der Waals surface area (Å²) in [7, 11) is -0.950. The van der Waals surface area contributed by atoms with Gasteiger partial charge in [-0.2, -0.15) is 0 Å². The highest BCUT2D eigenvalue weighted by Gasteiger charge is 2.26. The van der Waals surface area contributed by atoms with Crippen molar-refractivity contribution in [2.75, 3.05) is 22.6 Å². The molecule has 0 saturated carbocycles. The predicted octanol–water partition coefficient (Wildman–Crippen LogP) is 2.09. The standard InChI is InChI=1S/C11H12BrFN2O2S/c1-18(17)3-2-8-11(16)15-9-4-6(12)7(13)5-10(9)14-8/h4-5,8,14H,2-3H2,1H3,(H,15,16). The van der Waals surface area contributed by atoms with Crippen molar-refractivity contribution in [3.63, 3.8) is 0 Å². The van der Waals surface area contributed by atoms with Gasteiger partial charge in [0.2, 0.25) is 5.91 Å². The molecule has 1 aromatic carbocycles. The summed E-state index contributed by atoms with van der Waals surface area (Å²) in [5.74, 6) is -0.152. The van der Waals surface area contributed by atoms with Crippen molar-refractivity contribution in [2.45, 2.75) is 12.5 Å². The van der Waals surface area contributed by atoms with E-state index in [-0.39, 0.29) is 5.91 Å². The van der Waals surface area contributed by atoms with Crippen LogP contribution in [0.2, 0.25) is 0 Å². The van der Waals surface area contributed by atoms with Gasteiger partial charge in [0.05, 0.1) is 15.8 Å². The summed E-state index contributed by atoms with van der Waals surface area (Å²) in [5, 5.41) is 5.67. The Hall–Kier alpha value is -0.950. The number of rotatable bonds is 3. The molecule has 0 saturated heterocycles. The minimum Gasteiger partial charge on any atom is -0.372 e. The maximum Gasteiger partial charge on any atom is 0.246 e. The highest BCUT2D eigenvalue weighted by atomic mass is 79.9. The van der Waals surface area contributed by atoms with Crippen molar-refractivity contribution in [1.82, 2.24) is 0 Å². The minimum absolute atomic E-state index is 0.188. The summed E-state index contributed by atoms with van der Waals surface area (Å²) in [6.45, 7) is 0. The molecule has 0 radical (unpaired) electrons. The molecule has 1 heterocycles. The van der Waals surface area contributed by atoms with Gasteiger partial charge in [-0.1, -0.05) is 0 Å². The fourth-order valence-corrected chi connectivity index (χ4v) is 2.64. The highest BCUT2D eigenvalue weighted by molar-refractivity contribution is 9.10. The lowest BCUT2D eigenvalue weighted by Gasteiger charge is -2.26. The van der Waals surface area contributed by atoms with Crippen molar-refractivity contribution in [1.29, 1.82) is 0 Å². The molecule has 2 unspecified atom stereocenters. The number of hydrogen-bond donors (Lipinski definition) is 2. The zero-order chi connectivity index (χ0) is 13.3. The number of anilines is 2. The Morgan fingerprint density at radius 1 is 1.44 bits per heavy atom. The van der Waals surface area contributed by atoms with Crippen LogP contribution in [0, 0.1) is 5.82 Å². The van der Waals surface area contributed by atoms with Crippen LogP contribution in [0.3, 0.4) is 0 Å². The van der Waals surface area contributed by atoms with Crippen LogP contribution in [0.1, 0.15) is 6.42 Å². The van der Waals surface area contributed by atoms with Gasteiger partial charge in [-0.05, 0) is 28.4 Å². The molecule has 1 aromatic rings. The molecule has 18 heavy (non-hydrogen) atoms. The van der Waals surface area contributed by atoms with Gasteiger partial charge in [0.15, 0.2) is 0 Å². The van der Waals surface area contributed by atoms with E-state index in [1.807, 2.05) is 0 Å².